The average molecular weight is 245 g/mol. The van der Waals surface area contributed by atoms with Gasteiger partial charge in [0, 0.05) is 5.56 Å². The standard InChI is InChI=1S/C9H6Cl2N2S/c1-5-12-13-9(14-5)6-2-3-7(10)8(11)4-6/h2-4H,1H3. The van der Waals surface area contributed by atoms with Crippen molar-refractivity contribution in [1.82, 2.24) is 10.2 Å². The van der Waals surface area contributed by atoms with E-state index in [1.165, 1.54) is 11.3 Å². The van der Waals surface area contributed by atoms with Crippen LogP contribution in [0.4, 0.5) is 0 Å². The zero-order valence-corrected chi connectivity index (χ0v) is 9.62. The summed E-state index contributed by atoms with van der Waals surface area (Å²) in [5.41, 5.74) is 0.949. The molecule has 0 saturated carbocycles. The lowest BCUT2D eigenvalue weighted by molar-refractivity contribution is 1.05. The van der Waals surface area contributed by atoms with Crippen LogP contribution in [0.15, 0.2) is 18.2 Å². The van der Waals surface area contributed by atoms with E-state index in [-0.39, 0.29) is 0 Å². The van der Waals surface area contributed by atoms with Crippen LogP contribution in [0.5, 0.6) is 0 Å². The zero-order valence-electron chi connectivity index (χ0n) is 7.29. The third-order valence-electron chi connectivity index (χ3n) is 1.69. The molecule has 0 aliphatic carbocycles. The molecule has 2 rings (SSSR count). The molecule has 0 bridgehead atoms. The number of aromatic nitrogens is 2. The van der Waals surface area contributed by atoms with Crippen LogP contribution >= 0.6 is 34.5 Å². The fourth-order valence-electron chi connectivity index (χ4n) is 1.04. The minimum Gasteiger partial charge on any atom is -0.143 e. The number of rotatable bonds is 1. The van der Waals surface area contributed by atoms with Gasteiger partial charge < -0.3 is 0 Å². The van der Waals surface area contributed by atoms with Gasteiger partial charge in [0.1, 0.15) is 10.0 Å². The summed E-state index contributed by atoms with van der Waals surface area (Å²) in [6.07, 6.45) is 0. The minimum absolute atomic E-state index is 0.539. The minimum atomic E-state index is 0.539. The molecule has 2 nitrogen and oxygen atoms in total. The summed E-state index contributed by atoms with van der Waals surface area (Å²) in [7, 11) is 0. The highest BCUT2D eigenvalue weighted by atomic mass is 35.5. The first kappa shape index (κ1) is 9.90. The summed E-state index contributed by atoms with van der Waals surface area (Å²) in [6, 6.07) is 5.44. The normalized spacial score (nSPS) is 10.5. The maximum atomic E-state index is 5.90. The Kier molecular flexibility index (Phi) is 2.72. The number of hydrogen-bond donors (Lipinski definition) is 0. The molecule has 72 valence electrons. The Hall–Kier alpha value is -0.640. The number of nitrogens with zero attached hydrogens (tertiary/aromatic N) is 2. The second kappa shape index (κ2) is 3.85. The maximum absolute atomic E-state index is 5.90. The van der Waals surface area contributed by atoms with Crippen molar-refractivity contribution in [2.24, 2.45) is 0 Å². The van der Waals surface area contributed by atoms with Gasteiger partial charge in [-0.2, -0.15) is 0 Å². The highest BCUT2D eigenvalue weighted by molar-refractivity contribution is 7.14. The molecule has 1 heterocycles. The van der Waals surface area contributed by atoms with E-state index >= 15 is 0 Å². The molecule has 0 N–H and O–H groups in total. The monoisotopic (exact) mass is 244 g/mol. The highest BCUT2D eigenvalue weighted by Gasteiger charge is 2.05. The molecule has 0 saturated heterocycles. The molecule has 0 unspecified atom stereocenters. The van der Waals surface area contributed by atoms with Gasteiger partial charge in [0.15, 0.2) is 0 Å². The number of halogens is 2. The fraction of sp³-hybridized carbons (Fsp3) is 0.111. The molecule has 5 heteroatoms. The van der Waals surface area contributed by atoms with Gasteiger partial charge in [-0.25, -0.2) is 0 Å². The Morgan fingerprint density at radius 1 is 1.14 bits per heavy atom. The predicted octanol–water partition coefficient (Wildman–Crippen LogP) is 3.82. The topological polar surface area (TPSA) is 25.8 Å². The number of aryl methyl sites for hydroxylation is 1. The molecule has 0 radical (unpaired) electrons. The highest BCUT2D eigenvalue weighted by Crippen LogP contribution is 2.29. The Morgan fingerprint density at radius 2 is 1.93 bits per heavy atom. The first-order valence-corrected chi connectivity index (χ1v) is 5.49. The number of benzene rings is 1. The molecule has 0 aliphatic rings. The van der Waals surface area contributed by atoms with E-state index in [2.05, 4.69) is 10.2 Å². The Balaban J connectivity index is 2.47. The summed E-state index contributed by atoms with van der Waals surface area (Å²) in [5, 5.41) is 10.9. The first-order valence-electron chi connectivity index (χ1n) is 3.92. The van der Waals surface area contributed by atoms with E-state index in [0.717, 1.165) is 15.6 Å². The zero-order chi connectivity index (χ0) is 10.1. The average Bonchev–Trinajstić information content (AvgIpc) is 2.57. The van der Waals surface area contributed by atoms with Crippen molar-refractivity contribution < 1.29 is 0 Å². The van der Waals surface area contributed by atoms with E-state index in [4.69, 9.17) is 23.2 Å². The van der Waals surface area contributed by atoms with Gasteiger partial charge in [-0.15, -0.1) is 10.2 Å². The lowest BCUT2D eigenvalue weighted by Crippen LogP contribution is -1.77. The summed E-state index contributed by atoms with van der Waals surface area (Å²) in [6.45, 7) is 1.92. The molecule has 1 aromatic carbocycles. The van der Waals surface area contributed by atoms with Crippen molar-refractivity contribution in [3.63, 3.8) is 0 Å². The predicted molar refractivity (Wildman–Crippen MR) is 60.1 cm³/mol. The molecule has 2 aromatic rings. The van der Waals surface area contributed by atoms with Crippen molar-refractivity contribution in [2.75, 3.05) is 0 Å². The summed E-state index contributed by atoms with van der Waals surface area (Å²) in [5.74, 6) is 0. The molecule has 0 fully saturated rings. The van der Waals surface area contributed by atoms with Gasteiger partial charge in [0.05, 0.1) is 10.0 Å². The molecule has 14 heavy (non-hydrogen) atoms. The molecule has 1 aromatic heterocycles. The van der Waals surface area contributed by atoms with Gasteiger partial charge in [-0.1, -0.05) is 40.6 Å². The third-order valence-corrected chi connectivity index (χ3v) is 3.32. The van der Waals surface area contributed by atoms with Crippen molar-refractivity contribution >= 4 is 34.5 Å². The van der Waals surface area contributed by atoms with Gasteiger partial charge >= 0.3 is 0 Å². The first-order chi connectivity index (χ1) is 6.66. The van der Waals surface area contributed by atoms with Gasteiger partial charge in [0.2, 0.25) is 0 Å². The molecule has 0 aliphatic heterocycles. The smallest absolute Gasteiger partial charge is 0.143 e. The van der Waals surface area contributed by atoms with E-state index in [1.807, 2.05) is 13.0 Å². The van der Waals surface area contributed by atoms with Crippen molar-refractivity contribution in [3.05, 3.63) is 33.3 Å². The van der Waals surface area contributed by atoms with Crippen LogP contribution in [-0.2, 0) is 0 Å². The Morgan fingerprint density at radius 3 is 2.50 bits per heavy atom. The molecular formula is C9H6Cl2N2S. The molecule has 0 spiro atoms. The lowest BCUT2D eigenvalue weighted by Gasteiger charge is -1.97. The van der Waals surface area contributed by atoms with E-state index in [1.54, 1.807) is 12.1 Å². The van der Waals surface area contributed by atoms with Crippen LogP contribution in [-0.4, -0.2) is 10.2 Å². The lowest BCUT2D eigenvalue weighted by atomic mass is 10.2. The summed E-state index contributed by atoms with van der Waals surface area (Å²) < 4.78 is 0. The van der Waals surface area contributed by atoms with Crippen LogP contribution in [0.25, 0.3) is 10.6 Å². The second-order valence-corrected chi connectivity index (χ2v) is 4.75. The fourth-order valence-corrected chi connectivity index (χ4v) is 2.03. The van der Waals surface area contributed by atoms with Crippen LogP contribution in [0.3, 0.4) is 0 Å². The van der Waals surface area contributed by atoms with Gasteiger partial charge in [-0.3, -0.25) is 0 Å². The van der Waals surface area contributed by atoms with E-state index < -0.39 is 0 Å². The van der Waals surface area contributed by atoms with Gasteiger partial charge in [0.25, 0.3) is 0 Å². The van der Waals surface area contributed by atoms with Gasteiger partial charge in [-0.05, 0) is 19.1 Å². The molecular weight excluding hydrogens is 239 g/mol. The summed E-state index contributed by atoms with van der Waals surface area (Å²) in [4.78, 5) is 0. The summed E-state index contributed by atoms with van der Waals surface area (Å²) >= 11 is 13.2. The van der Waals surface area contributed by atoms with Crippen molar-refractivity contribution in [3.8, 4) is 10.6 Å². The SMILES string of the molecule is Cc1nnc(-c2ccc(Cl)c(Cl)c2)s1. The number of hydrogen-bond acceptors (Lipinski definition) is 3. The maximum Gasteiger partial charge on any atom is 0.147 e. The van der Waals surface area contributed by atoms with Crippen molar-refractivity contribution in [1.29, 1.82) is 0 Å². The van der Waals surface area contributed by atoms with Crippen LogP contribution in [0.2, 0.25) is 10.0 Å². The third kappa shape index (κ3) is 1.90. The van der Waals surface area contributed by atoms with Crippen LogP contribution in [0, 0.1) is 6.92 Å². The molecule has 0 atom stereocenters. The second-order valence-electron chi connectivity index (χ2n) is 2.76. The van der Waals surface area contributed by atoms with Crippen LogP contribution < -0.4 is 0 Å². The Bertz CT molecular complexity index is 468. The van der Waals surface area contributed by atoms with Crippen molar-refractivity contribution in [2.45, 2.75) is 6.92 Å². The molecule has 0 amide bonds. The quantitative estimate of drug-likeness (QED) is 0.763. The van der Waals surface area contributed by atoms with E-state index in [0.29, 0.717) is 10.0 Å². The largest absolute Gasteiger partial charge is 0.147 e. The van der Waals surface area contributed by atoms with E-state index in [9.17, 15) is 0 Å². The van der Waals surface area contributed by atoms with Crippen LogP contribution in [0.1, 0.15) is 5.01 Å². The Labute approximate surface area is 95.5 Å².